The summed E-state index contributed by atoms with van der Waals surface area (Å²) in [6.07, 6.45) is 0. The Labute approximate surface area is 166 Å². The van der Waals surface area contributed by atoms with Crippen LogP contribution in [-0.2, 0) is 0 Å². The standard InChI is InChI=1S/C20H21FIN3O/c1-10-7-6-8-14(17(10)21)12(3)23-20-15-9-16(22)19(26-5)11(2)18(15)24-13(4)25-20/h6-9,12H,1-5H3,(H,23,24,25)/t12-/m1/s1. The summed E-state index contributed by atoms with van der Waals surface area (Å²) in [6, 6.07) is 7.21. The summed E-state index contributed by atoms with van der Waals surface area (Å²) >= 11 is 2.25. The summed E-state index contributed by atoms with van der Waals surface area (Å²) in [4.78, 5) is 9.16. The molecular weight excluding hydrogens is 444 g/mol. The summed E-state index contributed by atoms with van der Waals surface area (Å²) in [5.74, 6) is 1.99. The smallest absolute Gasteiger partial charge is 0.138 e. The number of fused-ring (bicyclic) bond motifs is 1. The van der Waals surface area contributed by atoms with Crippen LogP contribution in [0.1, 0.15) is 35.5 Å². The molecule has 6 heteroatoms. The van der Waals surface area contributed by atoms with Gasteiger partial charge in [-0.3, -0.25) is 0 Å². The third-order valence-electron chi connectivity index (χ3n) is 4.49. The Morgan fingerprint density at radius 1 is 1.19 bits per heavy atom. The summed E-state index contributed by atoms with van der Waals surface area (Å²) in [5, 5.41) is 4.27. The van der Waals surface area contributed by atoms with Crippen LogP contribution < -0.4 is 10.1 Å². The van der Waals surface area contributed by atoms with E-state index in [1.807, 2.05) is 32.9 Å². The van der Waals surface area contributed by atoms with Gasteiger partial charge in [-0.2, -0.15) is 0 Å². The minimum Gasteiger partial charge on any atom is -0.495 e. The normalized spacial score (nSPS) is 12.3. The molecule has 0 saturated carbocycles. The number of aromatic nitrogens is 2. The van der Waals surface area contributed by atoms with E-state index in [0.29, 0.717) is 22.8 Å². The van der Waals surface area contributed by atoms with Crippen molar-refractivity contribution in [1.29, 1.82) is 0 Å². The number of ether oxygens (including phenoxy) is 1. The maximum Gasteiger partial charge on any atom is 0.138 e. The molecule has 1 N–H and O–H groups in total. The van der Waals surface area contributed by atoms with E-state index in [-0.39, 0.29) is 11.9 Å². The largest absolute Gasteiger partial charge is 0.495 e. The molecule has 3 rings (SSSR count). The number of rotatable bonds is 4. The number of nitrogens with zero attached hydrogens (tertiary/aromatic N) is 2. The van der Waals surface area contributed by atoms with Gasteiger partial charge in [-0.25, -0.2) is 14.4 Å². The molecular formula is C20H21FIN3O. The Morgan fingerprint density at radius 2 is 1.92 bits per heavy atom. The number of anilines is 1. The lowest BCUT2D eigenvalue weighted by Crippen LogP contribution is -2.12. The fourth-order valence-electron chi connectivity index (χ4n) is 3.13. The molecule has 0 saturated heterocycles. The van der Waals surface area contributed by atoms with Crippen LogP contribution in [0.4, 0.5) is 10.2 Å². The van der Waals surface area contributed by atoms with Crippen LogP contribution in [0.25, 0.3) is 10.9 Å². The van der Waals surface area contributed by atoms with Gasteiger partial charge in [0.1, 0.15) is 23.2 Å². The number of methoxy groups -OCH3 is 1. The molecule has 2 aromatic carbocycles. The van der Waals surface area contributed by atoms with Gasteiger partial charge >= 0.3 is 0 Å². The second-order valence-electron chi connectivity index (χ2n) is 6.38. The Morgan fingerprint density at radius 3 is 2.62 bits per heavy atom. The molecule has 4 nitrogen and oxygen atoms in total. The van der Waals surface area contributed by atoms with E-state index in [9.17, 15) is 4.39 Å². The first-order valence-corrected chi connectivity index (χ1v) is 9.44. The molecule has 136 valence electrons. The molecule has 0 radical (unpaired) electrons. The second kappa shape index (κ2) is 7.34. The highest BCUT2D eigenvalue weighted by atomic mass is 127. The fraction of sp³-hybridized carbons (Fsp3) is 0.300. The summed E-state index contributed by atoms with van der Waals surface area (Å²) in [6.45, 7) is 7.55. The van der Waals surface area contributed by atoms with Gasteiger partial charge in [-0.1, -0.05) is 18.2 Å². The highest BCUT2D eigenvalue weighted by molar-refractivity contribution is 14.1. The molecule has 0 amide bonds. The summed E-state index contributed by atoms with van der Waals surface area (Å²) < 4.78 is 21.0. The maximum absolute atomic E-state index is 14.5. The van der Waals surface area contributed by atoms with Crippen molar-refractivity contribution in [2.75, 3.05) is 12.4 Å². The summed E-state index contributed by atoms with van der Waals surface area (Å²) in [7, 11) is 1.66. The van der Waals surface area contributed by atoms with Crippen molar-refractivity contribution < 1.29 is 9.13 Å². The zero-order chi connectivity index (χ0) is 19.0. The van der Waals surface area contributed by atoms with Crippen LogP contribution in [0.5, 0.6) is 5.75 Å². The Balaban J connectivity index is 2.12. The number of hydrogen-bond donors (Lipinski definition) is 1. The molecule has 0 spiro atoms. The van der Waals surface area contributed by atoms with Crippen LogP contribution in [0.2, 0.25) is 0 Å². The Hall–Kier alpha value is -1.96. The van der Waals surface area contributed by atoms with Gasteiger partial charge in [0.15, 0.2) is 0 Å². The van der Waals surface area contributed by atoms with Gasteiger partial charge in [0.25, 0.3) is 0 Å². The molecule has 1 aromatic heterocycles. The fourth-order valence-corrected chi connectivity index (χ4v) is 4.07. The average molecular weight is 465 g/mol. The SMILES string of the molecule is COc1c(I)cc2c(N[C@H](C)c3cccc(C)c3F)nc(C)nc2c1C. The monoisotopic (exact) mass is 465 g/mol. The predicted octanol–water partition coefficient (Wildman–Crippen LogP) is 5.48. The highest BCUT2D eigenvalue weighted by Gasteiger charge is 2.18. The van der Waals surface area contributed by atoms with E-state index in [0.717, 1.165) is 25.8 Å². The first kappa shape index (κ1) is 18.8. The Kier molecular flexibility index (Phi) is 5.32. The van der Waals surface area contributed by atoms with Crippen molar-refractivity contribution in [2.45, 2.75) is 33.7 Å². The molecule has 1 atom stereocenters. The van der Waals surface area contributed by atoms with Gasteiger partial charge < -0.3 is 10.1 Å². The van der Waals surface area contributed by atoms with Gasteiger partial charge in [-0.15, -0.1) is 0 Å². The van der Waals surface area contributed by atoms with E-state index in [2.05, 4.69) is 37.9 Å². The van der Waals surface area contributed by atoms with Crippen LogP contribution in [0.15, 0.2) is 24.3 Å². The molecule has 3 aromatic rings. The third-order valence-corrected chi connectivity index (χ3v) is 5.29. The van der Waals surface area contributed by atoms with E-state index >= 15 is 0 Å². The highest BCUT2D eigenvalue weighted by Crippen LogP contribution is 2.35. The lowest BCUT2D eigenvalue weighted by Gasteiger charge is -2.19. The molecule has 0 fully saturated rings. The zero-order valence-corrected chi connectivity index (χ0v) is 17.6. The van der Waals surface area contributed by atoms with E-state index < -0.39 is 0 Å². The quantitative estimate of drug-likeness (QED) is 0.519. The third kappa shape index (κ3) is 3.34. The first-order chi connectivity index (χ1) is 12.3. The van der Waals surface area contributed by atoms with Gasteiger partial charge in [0.2, 0.25) is 0 Å². The number of nitrogens with one attached hydrogen (secondary N) is 1. The van der Waals surface area contributed by atoms with Crippen molar-refractivity contribution in [3.8, 4) is 5.75 Å². The molecule has 26 heavy (non-hydrogen) atoms. The summed E-state index contributed by atoms with van der Waals surface area (Å²) in [5.41, 5.74) is 3.07. The molecule has 0 aliphatic carbocycles. The number of hydrogen-bond acceptors (Lipinski definition) is 4. The van der Waals surface area contributed by atoms with Crippen molar-refractivity contribution in [3.63, 3.8) is 0 Å². The van der Waals surface area contributed by atoms with Crippen LogP contribution in [0.3, 0.4) is 0 Å². The van der Waals surface area contributed by atoms with Crippen molar-refractivity contribution in [1.82, 2.24) is 9.97 Å². The van der Waals surface area contributed by atoms with Gasteiger partial charge in [0.05, 0.1) is 22.2 Å². The zero-order valence-electron chi connectivity index (χ0n) is 15.4. The minimum atomic E-state index is -0.229. The number of aryl methyl sites for hydroxylation is 3. The van der Waals surface area contributed by atoms with Crippen LogP contribution >= 0.6 is 22.6 Å². The van der Waals surface area contributed by atoms with E-state index in [4.69, 9.17) is 4.74 Å². The topological polar surface area (TPSA) is 47.0 Å². The van der Waals surface area contributed by atoms with Crippen molar-refractivity contribution in [2.24, 2.45) is 0 Å². The Bertz CT molecular complexity index is 991. The lowest BCUT2D eigenvalue weighted by molar-refractivity contribution is 0.409. The second-order valence-corrected chi connectivity index (χ2v) is 7.54. The number of benzene rings is 2. The van der Waals surface area contributed by atoms with Crippen LogP contribution in [0, 0.1) is 30.2 Å². The lowest BCUT2D eigenvalue weighted by atomic mass is 10.0. The molecule has 0 unspecified atom stereocenters. The average Bonchev–Trinajstić information content (AvgIpc) is 2.59. The molecule has 0 aliphatic heterocycles. The maximum atomic E-state index is 14.5. The van der Waals surface area contributed by atoms with Crippen molar-refractivity contribution >= 4 is 39.3 Å². The van der Waals surface area contributed by atoms with Gasteiger partial charge in [-0.05, 0) is 61.9 Å². The van der Waals surface area contributed by atoms with Crippen LogP contribution in [-0.4, -0.2) is 17.1 Å². The minimum absolute atomic E-state index is 0.185. The first-order valence-electron chi connectivity index (χ1n) is 8.36. The molecule has 0 bridgehead atoms. The predicted molar refractivity (Wildman–Crippen MR) is 111 cm³/mol. The van der Waals surface area contributed by atoms with Gasteiger partial charge in [0, 0.05) is 16.5 Å². The van der Waals surface area contributed by atoms with E-state index in [1.54, 1.807) is 26.2 Å². The van der Waals surface area contributed by atoms with E-state index in [1.165, 1.54) is 0 Å². The molecule has 1 heterocycles. The number of halogens is 2. The molecule has 0 aliphatic rings. The van der Waals surface area contributed by atoms with Crippen molar-refractivity contribution in [3.05, 3.63) is 56.2 Å².